The first-order valence-electron chi connectivity index (χ1n) is 5.83. The van der Waals surface area contributed by atoms with E-state index in [0.717, 1.165) is 31.9 Å². The van der Waals surface area contributed by atoms with Gasteiger partial charge in [-0.25, -0.2) is 9.67 Å². The molecule has 1 aromatic rings. The number of rotatable bonds is 8. The first-order valence-corrected chi connectivity index (χ1v) is 5.83. The minimum atomic E-state index is 0.700. The Bertz CT molecular complexity index is 285. The highest BCUT2D eigenvalue weighted by atomic mass is 16.5. The lowest BCUT2D eigenvalue weighted by atomic mass is 10.1. The van der Waals surface area contributed by atoms with E-state index in [1.807, 2.05) is 11.7 Å². The molecule has 0 spiro atoms. The van der Waals surface area contributed by atoms with E-state index in [9.17, 15) is 0 Å². The maximum atomic E-state index is 5.54. The molecule has 1 aromatic heterocycles. The first kappa shape index (κ1) is 13.1. The number of hydrogen-bond donors (Lipinski definition) is 1. The third-order valence-corrected chi connectivity index (χ3v) is 2.32. The van der Waals surface area contributed by atoms with Crippen molar-refractivity contribution < 1.29 is 4.74 Å². The van der Waals surface area contributed by atoms with Crippen LogP contribution in [-0.4, -0.2) is 35.0 Å². The smallest absolute Gasteiger partial charge is 0.140 e. The van der Waals surface area contributed by atoms with Gasteiger partial charge in [0.05, 0.1) is 19.7 Å². The predicted octanol–water partition coefficient (Wildman–Crippen LogP) is 1.06. The Morgan fingerprint density at radius 2 is 2.25 bits per heavy atom. The zero-order valence-electron chi connectivity index (χ0n) is 10.4. The second-order valence-electron chi connectivity index (χ2n) is 4.22. The molecule has 1 N–H and O–H groups in total. The minimum absolute atomic E-state index is 0.700. The Kier molecular flexibility index (Phi) is 6.03. The van der Waals surface area contributed by atoms with Gasteiger partial charge in [-0.1, -0.05) is 13.8 Å². The van der Waals surface area contributed by atoms with Crippen molar-refractivity contribution in [1.29, 1.82) is 0 Å². The fourth-order valence-electron chi connectivity index (χ4n) is 1.34. The molecule has 1 heterocycles. The molecule has 92 valence electrons. The fourth-order valence-corrected chi connectivity index (χ4v) is 1.34. The van der Waals surface area contributed by atoms with Crippen molar-refractivity contribution in [3.63, 3.8) is 0 Å². The molecule has 0 aliphatic heterocycles. The van der Waals surface area contributed by atoms with Crippen LogP contribution < -0.4 is 5.32 Å². The van der Waals surface area contributed by atoms with E-state index < -0.39 is 0 Å². The van der Waals surface area contributed by atoms with Crippen molar-refractivity contribution >= 4 is 0 Å². The number of aromatic nitrogens is 3. The van der Waals surface area contributed by atoms with Crippen molar-refractivity contribution in [3.8, 4) is 0 Å². The normalized spacial score (nSPS) is 11.2. The zero-order chi connectivity index (χ0) is 11.8. The number of nitrogens with one attached hydrogen (secondary N) is 1. The third-order valence-electron chi connectivity index (χ3n) is 2.32. The summed E-state index contributed by atoms with van der Waals surface area (Å²) in [5.41, 5.74) is 0. The summed E-state index contributed by atoms with van der Waals surface area (Å²) in [6.45, 7) is 7.44. The number of nitrogens with zero attached hydrogens (tertiary/aromatic N) is 3. The monoisotopic (exact) mass is 226 g/mol. The molecule has 0 saturated carbocycles. The Morgan fingerprint density at radius 1 is 1.44 bits per heavy atom. The van der Waals surface area contributed by atoms with E-state index >= 15 is 0 Å². The molecule has 0 amide bonds. The number of hydrogen-bond acceptors (Lipinski definition) is 4. The highest BCUT2D eigenvalue weighted by molar-refractivity contribution is 4.82. The highest BCUT2D eigenvalue weighted by Crippen LogP contribution is 1.99. The van der Waals surface area contributed by atoms with Crippen LogP contribution in [0.3, 0.4) is 0 Å². The van der Waals surface area contributed by atoms with Gasteiger partial charge in [0.25, 0.3) is 0 Å². The molecule has 0 atom stereocenters. The molecule has 0 radical (unpaired) electrons. The van der Waals surface area contributed by atoms with Crippen LogP contribution in [0, 0.1) is 5.92 Å². The summed E-state index contributed by atoms with van der Waals surface area (Å²) in [5.74, 6) is 1.65. The quantitative estimate of drug-likeness (QED) is 0.673. The average molecular weight is 226 g/mol. The molecular formula is C11H22N4O. The SMILES string of the molecule is CNCc1ncnn1CCOCCC(C)C. The van der Waals surface area contributed by atoms with E-state index in [2.05, 4.69) is 29.2 Å². The van der Waals surface area contributed by atoms with Gasteiger partial charge in [0.1, 0.15) is 12.2 Å². The van der Waals surface area contributed by atoms with E-state index in [-0.39, 0.29) is 0 Å². The molecular weight excluding hydrogens is 204 g/mol. The van der Waals surface area contributed by atoms with E-state index in [1.54, 1.807) is 6.33 Å². The van der Waals surface area contributed by atoms with Gasteiger partial charge in [0.15, 0.2) is 0 Å². The van der Waals surface area contributed by atoms with Gasteiger partial charge in [0, 0.05) is 6.61 Å². The van der Waals surface area contributed by atoms with Crippen LogP contribution in [0.4, 0.5) is 0 Å². The minimum Gasteiger partial charge on any atom is -0.380 e. The molecule has 16 heavy (non-hydrogen) atoms. The summed E-state index contributed by atoms with van der Waals surface area (Å²) in [6.07, 6.45) is 2.70. The topological polar surface area (TPSA) is 52.0 Å². The molecule has 0 aromatic carbocycles. The molecule has 0 aliphatic carbocycles. The zero-order valence-corrected chi connectivity index (χ0v) is 10.4. The Hall–Kier alpha value is -0.940. The third kappa shape index (κ3) is 4.72. The second-order valence-corrected chi connectivity index (χ2v) is 4.22. The Morgan fingerprint density at radius 3 is 2.94 bits per heavy atom. The summed E-state index contributed by atoms with van der Waals surface area (Å²) in [4.78, 5) is 4.17. The summed E-state index contributed by atoms with van der Waals surface area (Å²) in [7, 11) is 1.90. The molecule has 0 bridgehead atoms. The van der Waals surface area contributed by atoms with Crippen molar-refractivity contribution in [2.24, 2.45) is 5.92 Å². The van der Waals surface area contributed by atoms with Crippen LogP contribution in [0.1, 0.15) is 26.1 Å². The van der Waals surface area contributed by atoms with Gasteiger partial charge >= 0.3 is 0 Å². The van der Waals surface area contributed by atoms with Crippen molar-refractivity contribution in [2.75, 3.05) is 20.3 Å². The maximum Gasteiger partial charge on any atom is 0.140 e. The van der Waals surface area contributed by atoms with E-state index in [4.69, 9.17) is 4.74 Å². The van der Waals surface area contributed by atoms with E-state index in [0.29, 0.717) is 12.5 Å². The van der Waals surface area contributed by atoms with Crippen LogP contribution in [-0.2, 0) is 17.8 Å². The van der Waals surface area contributed by atoms with Crippen molar-refractivity contribution in [2.45, 2.75) is 33.4 Å². The van der Waals surface area contributed by atoms with Crippen LogP contribution in [0.2, 0.25) is 0 Å². The van der Waals surface area contributed by atoms with Gasteiger partial charge in [0.2, 0.25) is 0 Å². The van der Waals surface area contributed by atoms with Crippen LogP contribution in [0.5, 0.6) is 0 Å². The van der Waals surface area contributed by atoms with Crippen LogP contribution in [0.25, 0.3) is 0 Å². The summed E-state index contributed by atoms with van der Waals surface area (Å²) in [5, 5.41) is 7.22. The lowest BCUT2D eigenvalue weighted by Crippen LogP contribution is -2.16. The van der Waals surface area contributed by atoms with Crippen LogP contribution >= 0.6 is 0 Å². The molecule has 1 rings (SSSR count). The van der Waals surface area contributed by atoms with Gasteiger partial charge < -0.3 is 10.1 Å². The predicted molar refractivity (Wildman–Crippen MR) is 63.1 cm³/mol. The maximum absolute atomic E-state index is 5.54. The standard InChI is InChI=1S/C11H22N4O/c1-10(2)4-6-16-7-5-15-11(8-12-3)13-9-14-15/h9-10,12H,4-8H2,1-3H3. The number of ether oxygens (including phenoxy) is 1. The van der Waals surface area contributed by atoms with Crippen molar-refractivity contribution in [3.05, 3.63) is 12.2 Å². The molecule has 0 fully saturated rings. The molecule has 5 heteroatoms. The first-order chi connectivity index (χ1) is 7.74. The highest BCUT2D eigenvalue weighted by Gasteiger charge is 2.02. The average Bonchev–Trinajstić information content (AvgIpc) is 2.65. The Balaban J connectivity index is 2.18. The molecule has 0 unspecified atom stereocenters. The lowest BCUT2D eigenvalue weighted by Gasteiger charge is -2.08. The van der Waals surface area contributed by atoms with Crippen LogP contribution in [0.15, 0.2) is 6.33 Å². The molecule has 5 nitrogen and oxygen atoms in total. The largest absolute Gasteiger partial charge is 0.380 e. The second kappa shape index (κ2) is 7.35. The van der Waals surface area contributed by atoms with Gasteiger partial charge in [-0.15, -0.1) is 0 Å². The van der Waals surface area contributed by atoms with Crippen molar-refractivity contribution in [1.82, 2.24) is 20.1 Å². The summed E-state index contributed by atoms with van der Waals surface area (Å²) < 4.78 is 7.42. The fraction of sp³-hybridized carbons (Fsp3) is 0.818. The molecule has 0 saturated heterocycles. The van der Waals surface area contributed by atoms with Gasteiger partial charge in [-0.2, -0.15) is 5.10 Å². The van der Waals surface area contributed by atoms with E-state index in [1.165, 1.54) is 0 Å². The molecule has 0 aliphatic rings. The van der Waals surface area contributed by atoms with Gasteiger partial charge in [-0.05, 0) is 19.4 Å². The Labute approximate surface area is 97.2 Å². The summed E-state index contributed by atoms with van der Waals surface area (Å²) in [6, 6.07) is 0. The van der Waals surface area contributed by atoms with Gasteiger partial charge in [-0.3, -0.25) is 0 Å². The summed E-state index contributed by atoms with van der Waals surface area (Å²) >= 11 is 0. The lowest BCUT2D eigenvalue weighted by molar-refractivity contribution is 0.113.